The van der Waals surface area contributed by atoms with Crippen LogP contribution in [-0.2, 0) is 39.7 Å². The molecule has 109 heavy (non-hydrogen) atoms. The van der Waals surface area contributed by atoms with Gasteiger partial charge in [0.15, 0.2) is 22.5 Å². The Morgan fingerprint density at radius 1 is 0.394 bits per heavy atom. The monoisotopic (exact) mass is 1690 g/mol. The predicted molar refractivity (Wildman–Crippen MR) is 432 cm³/mol. The Hall–Kier alpha value is -6.65. The van der Waals surface area contributed by atoms with Crippen molar-refractivity contribution in [3.8, 4) is 0 Å². The number of fused-ring (bicyclic) bond motifs is 18. The van der Waals surface area contributed by atoms with E-state index in [4.69, 9.17) is 54.1 Å². The minimum atomic E-state index is -5.02. The normalized spacial score (nSPS) is 14.7. The van der Waals surface area contributed by atoms with Crippen molar-refractivity contribution in [2.75, 3.05) is 127 Å². The van der Waals surface area contributed by atoms with Crippen LogP contribution < -0.4 is 16.2 Å². The maximum atomic E-state index is 12.8. The number of aliphatic imine (C=N–C) groups is 4. The fourth-order valence-electron chi connectivity index (χ4n) is 14.7. The van der Waals surface area contributed by atoms with E-state index in [1.54, 1.807) is 60.7 Å². The third kappa shape index (κ3) is 14.0. The molecule has 0 fully saturated rings. The van der Waals surface area contributed by atoms with Crippen LogP contribution in [0, 0.1) is 0 Å². The van der Waals surface area contributed by atoms with E-state index in [0.29, 0.717) is 93.2 Å². The first-order chi connectivity index (χ1) is 50.6. The fraction of sp³-hybridized carbons (Fsp3) is 0.269. The summed E-state index contributed by atoms with van der Waals surface area (Å²) in [6, 6.07) is 31.7. The Kier molecular flexibility index (Phi) is 22.3. The van der Waals surface area contributed by atoms with Gasteiger partial charge in [-0.2, -0.15) is 13.5 Å². The molecule has 0 aliphatic carbocycles. The van der Waals surface area contributed by atoms with Crippen molar-refractivity contribution in [2.45, 2.75) is 19.6 Å². The SMILES string of the molecule is C=P(N=P(N(C)C)(N(C)C)N(C)C)(N=P(N(C)C)(N(C)C)N(C)C)N=P(N(C)C)(N(C)C)N(C)C.O.O=S(=O)([O-])c1cccc2cc3c(cc12)C1=Nc2c4cc5cccc(S(=O)(=O)[O-])c5cc4c4[n]2[Ga][n]2c(c5cc6cccc(S(=O)(=O)[O-])c6cc5c2=NC3=N1)=NC1=NC(=N4)c2cc3cccc(SOO[O-])c3cc21. The van der Waals surface area contributed by atoms with Crippen molar-refractivity contribution in [3.63, 3.8) is 0 Å². The summed E-state index contributed by atoms with van der Waals surface area (Å²) in [6.07, 6.45) is 4.82. The van der Waals surface area contributed by atoms with Crippen molar-refractivity contribution in [1.29, 1.82) is 0 Å². The van der Waals surface area contributed by atoms with Gasteiger partial charge in [0.1, 0.15) is 0 Å². The summed E-state index contributed by atoms with van der Waals surface area (Å²) in [5.74, 6) is 1.07. The molecule has 6 heterocycles. The van der Waals surface area contributed by atoms with E-state index >= 15 is 0 Å². The Morgan fingerprint density at radius 2 is 0.697 bits per heavy atom. The van der Waals surface area contributed by atoms with E-state index < -0.39 is 92.8 Å². The van der Waals surface area contributed by atoms with Gasteiger partial charge in [-0.3, -0.25) is 42.0 Å². The average molecular weight is 1690 g/mol. The summed E-state index contributed by atoms with van der Waals surface area (Å²) < 4.78 is 160. The Balaban J connectivity index is 0.000000263. The van der Waals surface area contributed by atoms with Crippen molar-refractivity contribution < 1.29 is 59.0 Å². The predicted octanol–water partition coefficient (Wildman–Crippen LogP) is 8.28. The topological polar surface area (TPSA) is 395 Å². The molecule has 33 nitrogen and oxygen atoms in total. The first kappa shape index (κ1) is 81.8. The Bertz CT molecular complexity index is 6240. The number of rotatable bonds is 18. The van der Waals surface area contributed by atoms with E-state index in [-0.39, 0.29) is 62.1 Å². The third-order valence-electron chi connectivity index (χ3n) is 18.8. The molecule has 10 aromatic rings. The minimum absolute atomic E-state index is 0. The van der Waals surface area contributed by atoms with E-state index in [1.165, 1.54) is 42.5 Å². The molecule has 8 aromatic carbocycles. The zero-order chi connectivity index (χ0) is 78.4. The quantitative estimate of drug-likeness (QED) is 0.0195. The van der Waals surface area contributed by atoms with Crippen molar-refractivity contribution >= 4 is 196 Å². The molecule has 1 radical (unpaired) electrons. The molecular weight excluding hydrogens is 1610 g/mol. The van der Waals surface area contributed by atoms with Gasteiger partial charge >= 0.3 is 424 Å². The molecule has 575 valence electrons. The summed E-state index contributed by atoms with van der Waals surface area (Å²) in [6.45, 7) is 0. The molecule has 0 atom stereocenters. The number of hydrogen-bond donors (Lipinski definition) is 0. The van der Waals surface area contributed by atoms with E-state index in [9.17, 15) is 44.2 Å². The van der Waals surface area contributed by atoms with Gasteiger partial charge in [-0.05, 0) is 133 Å². The van der Waals surface area contributed by atoms with Crippen LogP contribution in [0.5, 0.6) is 0 Å². The van der Waals surface area contributed by atoms with Crippen LogP contribution >= 0.6 is 41.9 Å². The Labute approximate surface area is 643 Å². The van der Waals surface area contributed by atoms with Crippen LogP contribution in [0.15, 0.2) is 184 Å². The van der Waals surface area contributed by atoms with Crippen LogP contribution in [0.25, 0.3) is 64.6 Å². The van der Waals surface area contributed by atoms with Gasteiger partial charge in [0.2, 0.25) is 7.34 Å². The number of benzene rings is 8. The Morgan fingerprint density at radius 3 is 1.07 bits per heavy atom. The van der Waals surface area contributed by atoms with Crippen molar-refractivity contribution in [1.82, 2.24) is 48.6 Å². The van der Waals surface area contributed by atoms with E-state index in [0.717, 1.165) is 0 Å². The number of aromatic nitrogens is 2. The second kappa shape index (κ2) is 29.7. The number of amidine groups is 4. The third-order valence-corrected chi connectivity index (χ3v) is 41.2. The van der Waals surface area contributed by atoms with Crippen molar-refractivity contribution in [3.05, 3.63) is 155 Å². The summed E-state index contributed by atoms with van der Waals surface area (Å²) in [5.41, 5.74) is 2.28. The molecule has 2 aromatic heterocycles. The molecular formula is C67H78GaN20O13P4S4-4. The van der Waals surface area contributed by atoms with Gasteiger partial charge in [-0.15, -0.1) is 0 Å². The molecule has 42 heteroatoms. The van der Waals surface area contributed by atoms with Gasteiger partial charge in [0.05, 0.1) is 0 Å². The summed E-state index contributed by atoms with van der Waals surface area (Å²) in [7, 11) is 12.5. The molecule has 14 rings (SSSR count). The fourth-order valence-corrected chi connectivity index (χ4v) is 38.5. The van der Waals surface area contributed by atoms with Gasteiger partial charge in [0.25, 0.3) is 0 Å². The summed E-state index contributed by atoms with van der Waals surface area (Å²) in [5, 5.41) is 19.1. The molecule has 2 N–H and O–H groups in total. The molecule has 0 amide bonds. The van der Waals surface area contributed by atoms with Crippen LogP contribution in [-0.4, -0.2) is 267 Å². The van der Waals surface area contributed by atoms with Gasteiger partial charge < -0.3 is 5.48 Å². The van der Waals surface area contributed by atoms with Gasteiger partial charge in [0, 0.05) is 0 Å². The van der Waals surface area contributed by atoms with E-state index in [2.05, 4.69) is 174 Å². The molecule has 0 saturated carbocycles. The van der Waals surface area contributed by atoms with Crippen molar-refractivity contribution in [2.24, 2.45) is 43.5 Å². The zero-order valence-electron chi connectivity index (χ0n) is 62.6. The first-order valence-electron chi connectivity index (χ1n) is 32.9. The molecule has 0 spiro atoms. The van der Waals surface area contributed by atoms with Crippen LogP contribution in [0.1, 0.15) is 22.3 Å². The molecule has 4 aliphatic rings. The van der Waals surface area contributed by atoms with Crippen LogP contribution in [0.2, 0.25) is 0 Å². The summed E-state index contributed by atoms with van der Waals surface area (Å²) in [4.78, 5) is 30.2. The molecule has 6 bridgehead atoms. The number of nitrogens with zero attached hydrogens (tertiary/aromatic N) is 20. The van der Waals surface area contributed by atoms with E-state index in [1.807, 2.05) is 24.7 Å². The van der Waals surface area contributed by atoms with Gasteiger partial charge in [-0.1, -0.05) is 0 Å². The summed E-state index contributed by atoms with van der Waals surface area (Å²) >= 11 is -1.74. The second-order valence-corrected chi connectivity index (χ2v) is 48.8. The van der Waals surface area contributed by atoms with Gasteiger partial charge in [-0.25, -0.2) is 0 Å². The standard InChI is InChI=1S/C48H24N8O12S4.C19H56N12P4.Ga.H2O/c57-67-68-69-37-9-1-5-21-13-29-33(17-25(21)37)45-49-41(29)51-46-35-19-27-23(7-3-11-39(27)71(61,62)63)15-31(35)43(53-46)55-48-36-20-28-24(8-4-12-40(28)72(64,65)66)16-32(36)44(56-48)54-47-34-18-26-22(14-30(34)42(50-45)52-47)6-2-10-38(26)70(58,59)60;1-23(2)33(24(3)4,25(5)6)20-32(19,21-34(26(7)8,27(9)10)28(11)12)22-35(29(13)14,30(15)16)31(17)18;;/h1-20H,(H4-2,49,50,51,52,53,54,55,56,57,58,59,60,61,62,63,64,65,66);19H2,1-18H3;;1H2/q-2;;+2;/p-4. The second-order valence-electron chi connectivity index (χ2n) is 27.4. The number of hydrogen-bond acceptors (Lipinski definition) is 22. The molecule has 4 aliphatic heterocycles. The van der Waals surface area contributed by atoms with Crippen LogP contribution in [0.4, 0.5) is 11.6 Å². The first-order valence-corrected chi connectivity index (χ1v) is 46.6. The molecule has 0 unspecified atom stereocenters. The van der Waals surface area contributed by atoms with Crippen LogP contribution in [0.3, 0.4) is 0 Å². The average Bonchev–Trinajstić information content (AvgIpc) is 1.55. The maximum absolute atomic E-state index is 12.8. The zero-order valence-corrected chi connectivity index (χ0v) is 71.9. The molecule has 0 saturated heterocycles.